The van der Waals surface area contributed by atoms with Gasteiger partial charge >= 0.3 is 0 Å². The predicted molar refractivity (Wildman–Crippen MR) is 127 cm³/mol. The minimum atomic E-state index is 0.445. The molecule has 12 nitrogen and oxygen atoms in total. The number of rotatable bonds is 0. The fourth-order valence-electron chi connectivity index (χ4n) is 3.26. The van der Waals surface area contributed by atoms with E-state index in [2.05, 4.69) is 59.8 Å². The van der Waals surface area contributed by atoms with Gasteiger partial charge in [-0.25, -0.2) is 59.8 Å². The molecular weight excluding hydrogens is 513 g/mol. The van der Waals surface area contributed by atoms with Crippen molar-refractivity contribution in [1.29, 1.82) is 0 Å². The molecule has 8 rings (SSSR count). The van der Waals surface area contributed by atoms with E-state index >= 15 is 0 Å². The second-order valence-corrected chi connectivity index (χ2v) is 11.3. The zero-order chi connectivity index (χ0) is 22.2. The van der Waals surface area contributed by atoms with Gasteiger partial charge < -0.3 is 0 Å². The van der Waals surface area contributed by atoms with Gasteiger partial charge in [-0.2, -0.15) is 0 Å². The highest BCUT2D eigenvalue weighted by atomic mass is 32.2. The van der Waals surface area contributed by atoms with Crippen molar-refractivity contribution in [2.24, 2.45) is 0 Å². The number of hydrogen-bond acceptors (Lipinski definition) is 16. The van der Waals surface area contributed by atoms with Crippen molar-refractivity contribution in [3.8, 4) is 0 Å². The number of aromatic nitrogens is 12. The van der Waals surface area contributed by atoms with E-state index in [9.17, 15) is 0 Å². The second kappa shape index (κ2) is 7.08. The predicted octanol–water partition coefficient (Wildman–Crippen LogP) is 3.26. The lowest BCUT2D eigenvalue weighted by atomic mass is 10.5. The molecule has 0 aliphatic carbocycles. The van der Waals surface area contributed by atoms with Gasteiger partial charge in [-0.05, 0) is 0 Å². The fraction of sp³-hybridized carbons (Fsp3) is 0. The van der Waals surface area contributed by atoms with Gasteiger partial charge in [0.2, 0.25) is 22.6 Å². The lowest BCUT2D eigenvalue weighted by Gasteiger charge is -1.99. The Labute approximate surface area is 204 Å². The third-order valence-electron chi connectivity index (χ3n) is 4.69. The summed E-state index contributed by atoms with van der Waals surface area (Å²) in [5.74, 6) is 0. The Morgan fingerprint density at radius 3 is 0.853 bits per heavy atom. The Bertz CT molecular complexity index is 1630. The van der Waals surface area contributed by atoms with Crippen LogP contribution in [0.25, 0.3) is 45.2 Å². The molecule has 0 unspecified atom stereocenters. The average Bonchev–Trinajstić information content (AvgIpc) is 3.46. The molecule has 0 bridgehead atoms. The molecule has 0 N–H and O–H groups in total. The van der Waals surface area contributed by atoms with Crippen LogP contribution in [0.5, 0.6) is 0 Å². The summed E-state index contributed by atoms with van der Waals surface area (Å²) in [5, 5.41) is 3.14. The van der Waals surface area contributed by atoms with Crippen LogP contribution in [0.1, 0.15) is 0 Å². The van der Waals surface area contributed by atoms with Crippen molar-refractivity contribution < 1.29 is 0 Å². The van der Waals surface area contributed by atoms with Crippen molar-refractivity contribution in [2.75, 3.05) is 0 Å². The lowest BCUT2D eigenvalue weighted by Crippen LogP contribution is -1.97. The van der Waals surface area contributed by atoms with Gasteiger partial charge in [-0.15, -0.1) is 0 Å². The van der Waals surface area contributed by atoms with Crippen LogP contribution < -0.4 is 0 Å². The summed E-state index contributed by atoms with van der Waals surface area (Å²) in [6.07, 6.45) is 6.31. The molecule has 0 atom stereocenters. The zero-order valence-corrected chi connectivity index (χ0v) is 19.6. The zero-order valence-electron chi connectivity index (χ0n) is 16.3. The van der Waals surface area contributed by atoms with Gasteiger partial charge in [0.25, 0.3) is 0 Å². The van der Waals surface area contributed by atoms with Gasteiger partial charge in [-0.3, -0.25) is 0 Å². The second-order valence-electron chi connectivity index (χ2n) is 6.80. The van der Waals surface area contributed by atoms with Crippen LogP contribution in [0, 0.1) is 0 Å². The molecule has 0 saturated carbocycles. The Morgan fingerprint density at radius 1 is 0.324 bits per heavy atom. The van der Waals surface area contributed by atoms with E-state index in [1.54, 1.807) is 71.8 Å². The smallest absolute Gasteiger partial charge is 0.201 e. The van der Waals surface area contributed by atoms with Crippen LogP contribution >= 0.6 is 47.0 Å². The van der Waals surface area contributed by atoms with E-state index < -0.39 is 0 Å². The van der Waals surface area contributed by atoms with Crippen LogP contribution in [-0.4, -0.2) is 59.8 Å². The minimum Gasteiger partial charge on any atom is -0.232 e. The van der Waals surface area contributed by atoms with Crippen molar-refractivity contribution in [2.45, 2.75) is 20.1 Å². The molecule has 8 heterocycles. The highest BCUT2D eigenvalue weighted by molar-refractivity contribution is 8.30. The topological polar surface area (TPSA) is 155 Å². The van der Waals surface area contributed by atoms with E-state index in [0.29, 0.717) is 45.2 Å². The van der Waals surface area contributed by atoms with Gasteiger partial charge in [0, 0.05) is 24.8 Å². The highest BCUT2D eigenvalue weighted by Crippen LogP contribution is 2.59. The van der Waals surface area contributed by atoms with E-state index in [1.807, 2.05) is 0 Å². The van der Waals surface area contributed by atoms with E-state index in [0.717, 1.165) is 28.6 Å². The SMILES string of the molecule is c1cnc2nc3nc4c(nc3nc2n1)SC(=C1Sc2nc3nc5nccnc5nc3nc2S1)S4. The molecule has 6 aromatic rings. The van der Waals surface area contributed by atoms with Gasteiger partial charge in [0.15, 0.2) is 22.6 Å². The highest BCUT2D eigenvalue weighted by Gasteiger charge is 2.31. The van der Waals surface area contributed by atoms with Crippen LogP contribution in [0.15, 0.2) is 53.4 Å². The molecule has 34 heavy (non-hydrogen) atoms. The Morgan fingerprint density at radius 2 is 0.588 bits per heavy atom. The Kier molecular flexibility index (Phi) is 3.96. The molecule has 0 fully saturated rings. The van der Waals surface area contributed by atoms with Crippen LogP contribution in [0.3, 0.4) is 0 Å². The molecule has 0 amide bonds. The lowest BCUT2D eigenvalue weighted by molar-refractivity contribution is 0.952. The standard InChI is InChI=1S/C18H4N12S4/c1-2-20-6-5(19-1)23-9-10(24-6)28-14-13(27-9)31-17(32-14)18-33-15-16(34-18)30-12-11(29-15)25-7-8(26-12)22-4-3-21-7/h1-4H. The molecule has 16 heteroatoms. The fourth-order valence-corrected chi connectivity index (χ4v) is 8.14. The van der Waals surface area contributed by atoms with E-state index in [4.69, 9.17) is 0 Å². The molecule has 0 radical (unpaired) electrons. The van der Waals surface area contributed by atoms with E-state index in [1.165, 1.54) is 0 Å². The first-order chi connectivity index (χ1) is 16.8. The third kappa shape index (κ3) is 2.92. The Hall–Kier alpha value is -3.34. The molecule has 0 saturated heterocycles. The van der Waals surface area contributed by atoms with Crippen molar-refractivity contribution in [1.82, 2.24) is 59.8 Å². The largest absolute Gasteiger partial charge is 0.232 e. The Balaban J connectivity index is 1.18. The summed E-state index contributed by atoms with van der Waals surface area (Å²) in [7, 11) is 0. The van der Waals surface area contributed by atoms with Crippen molar-refractivity contribution >= 4 is 92.2 Å². The van der Waals surface area contributed by atoms with Gasteiger partial charge in [0.1, 0.15) is 20.1 Å². The summed E-state index contributed by atoms with van der Waals surface area (Å²) in [6, 6.07) is 0. The number of nitrogens with zero attached hydrogens (tertiary/aromatic N) is 12. The quantitative estimate of drug-likeness (QED) is 0.271. The molecular formula is C18H4N12S4. The molecule has 160 valence electrons. The molecule has 0 aromatic carbocycles. The first-order valence-electron chi connectivity index (χ1n) is 9.55. The maximum Gasteiger partial charge on any atom is 0.201 e. The van der Waals surface area contributed by atoms with Crippen LogP contribution in [0.4, 0.5) is 0 Å². The normalized spacial score (nSPS) is 15.1. The number of thioether (sulfide) groups is 4. The summed E-state index contributed by atoms with van der Waals surface area (Å²) >= 11 is 6.19. The number of hydrogen-bond donors (Lipinski definition) is 0. The maximum absolute atomic E-state index is 4.67. The molecule has 0 spiro atoms. The van der Waals surface area contributed by atoms with Crippen LogP contribution in [0.2, 0.25) is 0 Å². The van der Waals surface area contributed by atoms with E-state index in [-0.39, 0.29) is 0 Å². The molecule has 2 aliphatic rings. The summed E-state index contributed by atoms with van der Waals surface area (Å²) in [5.41, 5.74) is 3.56. The third-order valence-corrected chi connectivity index (χ3v) is 9.93. The van der Waals surface area contributed by atoms with Gasteiger partial charge in [-0.1, -0.05) is 47.0 Å². The van der Waals surface area contributed by atoms with Crippen LogP contribution in [-0.2, 0) is 0 Å². The summed E-state index contributed by atoms with van der Waals surface area (Å²) in [6.45, 7) is 0. The van der Waals surface area contributed by atoms with Gasteiger partial charge in [0.05, 0.1) is 8.47 Å². The maximum atomic E-state index is 4.67. The first-order valence-corrected chi connectivity index (χ1v) is 12.8. The average molecular weight is 517 g/mol. The summed E-state index contributed by atoms with van der Waals surface area (Å²) in [4.78, 5) is 53.3. The molecule has 6 aromatic heterocycles. The summed E-state index contributed by atoms with van der Waals surface area (Å²) < 4.78 is 2.11. The monoisotopic (exact) mass is 516 g/mol. The van der Waals surface area contributed by atoms with Crippen molar-refractivity contribution in [3.05, 3.63) is 33.3 Å². The molecule has 2 aliphatic heterocycles. The number of fused-ring (bicyclic) bond motifs is 6. The first kappa shape index (κ1) is 19.0. The van der Waals surface area contributed by atoms with Crippen molar-refractivity contribution in [3.63, 3.8) is 0 Å². The minimum absolute atomic E-state index is 0.445.